The fourth-order valence-electron chi connectivity index (χ4n) is 2.57. The number of hydrogen-bond acceptors (Lipinski definition) is 8. The second kappa shape index (κ2) is 13.0. The standard InChI is InChI=1S/C18H22O5.CH4O.H2O2.H2/c1-11-3-14(8-20)18(22)15(4-11)9-23-10-16-6-13(7-19)5-12(2)17(16)21;2*1-2;/h3-6,19-22H,7-10H2,1-2H3;2H,1H3;1-2H;1H/i;;;1+1. The Morgan fingerprint density at radius 3 is 1.81 bits per heavy atom. The maximum absolute atomic E-state index is 10.1. The van der Waals surface area contributed by atoms with Gasteiger partial charge in [0.05, 0.1) is 26.4 Å². The largest absolute Gasteiger partial charge is 0.507 e. The Kier molecular flexibility index (Phi) is 12.0. The average molecular weight is 387 g/mol. The van der Waals surface area contributed by atoms with Gasteiger partial charge in [-0.15, -0.1) is 0 Å². The molecule has 2 aromatic carbocycles. The summed E-state index contributed by atoms with van der Waals surface area (Å²) in [5.74, 6) is 0.175. The summed E-state index contributed by atoms with van der Waals surface area (Å²) in [6.45, 7) is 3.61. The van der Waals surface area contributed by atoms with E-state index in [0.717, 1.165) is 12.7 Å². The molecule has 0 fully saturated rings. The molecule has 27 heavy (non-hydrogen) atoms. The summed E-state index contributed by atoms with van der Waals surface area (Å²) in [6, 6.07) is 6.93. The second-order valence-electron chi connectivity index (χ2n) is 5.66. The van der Waals surface area contributed by atoms with E-state index in [1.54, 1.807) is 31.2 Å². The molecule has 0 aliphatic rings. The molecule has 0 aliphatic carbocycles. The van der Waals surface area contributed by atoms with Crippen LogP contribution in [0.25, 0.3) is 0 Å². The summed E-state index contributed by atoms with van der Waals surface area (Å²) < 4.78 is 5.59. The van der Waals surface area contributed by atoms with Crippen LogP contribution in [0.5, 0.6) is 11.5 Å². The minimum atomic E-state index is -0.237. The zero-order valence-electron chi connectivity index (χ0n) is 15.7. The number of aryl methyl sites for hydroxylation is 2. The van der Waals surface area contributed by atoms with Gasteiger partial charge >= 0.3 is 0 Å². The molecule has 0 aromatic heterocycles. The Balaban J connectivity index is 0. The van der Waals surface area contributed by atoms with Crippen LogP contribution >= 0.6 is 0 Å². The van der Waals surface area contributed by atoms with Gasteiger partial charge in [0, 0.05) is 25.2 Å². The van der Waals surface area contributed by atoms with Crippen LogP contribution in [-0.4, -0.2) is 43.2 Å². The quantitative estimate of drug-likeness (QED) is 0.295. The van der Waals surface area contributed by atoms with Gasteiger partial charge in [-0.05, 0) is 31.0 Å². The number of phenols is 2. The fourth-order valence-corrected chi connectivity index (χ4v) is 2.57. The van der Waals surface area contributed by atoms with Crippen LogP contribution < -0.4 is 0 Å². The molecule has 0 bridgehead atoms. The molecule has 0 heterocycles. The number of hydrogen-bond donors (Lipinski definition) is 7. The first-order chi connectivity index (χ1) is 13.0. The molecule has 0 saturated carbocycles. The van der Waals surface area contributed by atoms with Gasteiger partial charge in [-0.2, -0.15) is 0 Å². The van der Waals surface area contributed by atoms with Gasteiger partial charge in [0.1, 0.15) is 11.5 Å². The molecule has 2 aromatic rings. The van der Waals surface area contributed by atoms with Crippen LogP contribution in [0.1, 0.15) is 34.8 Å². The molecule has 2 rings (SSSR count). The Hall–Kier alpha value is -2.20. The normalized spacial score (nSPS) is 9.78. The maximum atomic E-state index is 10.1. The van der Waals surface area contributed by atoms with Crippen molar-refractivity contribution in [3.63, 3.8) is 0 Å². The predicted molar refractivity (Wildman–Crippen MR) is 102 cm³/mol. The van der Waals surface area contributed by atoms with Gasteiger partial charge in [0.2, 0.25) is 0 Å². The number of phenolic OH excluding ortho intramolecular Hbond substituents is 1. The average Bonchev–Trinajstić information content (AvgIpc) is 2.70. The molecule has 0 amide bonds. The zero-order valence-corrected chi connectivity index (χ0v) is 15.7. The number of benzene rings is 2. The lowest BCUT2D eigenvalue weighted by atomic mass is 10.0. The van der Waals surface area contributed by atoms with E-state index >= 15 is 0 Å². The summed E-state index contributed by atoms with van der Waals surface area (Å²) in [6.07, 6.45) is 0. The summed E-state index contributed by atoms with van der Waals surface area (Å²) >= 11 is 0. The molecular formula is C19H30O8. The van der Waals surface area contributed by atoms with Crippen molar-refractivity contribution in [2.75, 3.05) is 7.11 Å². The molecule has 0 saturated heterocycles. The SMILES string of the molecule is CO.Cc1cc(CO)c(O)c(COCc2cc(CO)cc(C)c2O)c1.OO.[2HH]. The van der Waals surface area contributed by atoms with Gasteiger partial charge in [-0.25, -0.2) is 0 Å². The summed E-state index contributed by atoms with van der Waals surface area (Å²) in [5, 5.41) is 57.6. The van der Waals surface area contributed by atoms with Gasteiger partial charge in [-0.1, -0.05) is 23.8 Å². The lowest BCUT2D eigenvalue weighted by Crippen LogP contribution is -1.99. The van der Waals surface area contributed by atoms with E-state index in [4.69, 9.17) is 20.4 Å². The van der Waals surface area contributed by atoms with E-state index in [1.807, 2.05) is 6.92 Å². The first-order valence-electron chi connectivity index (χ1n) is 8.03. The van der Waals surface area contributed by atoms with Crippen molar-refractivity contribution in [2.45, 2.75) is 40.3 Å². The van der Waals surface area contributed by atoms with Crippen LogP contribution in [0.2, 0.25) is 0 Å². The first-order valence-corrected chi connectivity index (χ1v) is 8.03. The van der Waals surface area contributed by atoms with Crippen molar-refractivity contribution < 1.29 is 42.2 Å². The van der Waals surface area contributed by atoms with Crippen molar-refractivity contribution in [1.82, 2.24) is 0 Å². The highest BCUT2D eigenvalue weighted by Gasteiger charge is 2.10. The third-order valence-corrected chi connectivity index (χ3v) is 3.72. The van der Waals surface area contributed by atoms with Gasteiger partial charge in [-0.3, -0.25) is 10.5 Å². The molecular weight excluding hydrogens is 356 g/mol. The van der Waals surface area contributed by atoms with Crippen molar-refractivity contribution in [3.8, 4) is 11.5 Å². The lowest BCUT2D eigenvalue weighted by molar-refractivity contribution is -0.176. The monoisotopic (exact) mass is 387 g/mol. The molecule has 0 radical (unpaired) electrons. The number of aliphatic hydroxyl groups excluding tert-OH is 3. The van der Waals surface area contributed by atoms with Gasteiger partial charge in [0.25, 0.3) is 0 Å². The Bertz CT molecular complexity index is 705. The van der Waals surface area contributed by atoms with E-state index in [2.05, 4.69) is 0 Å². The smallest absolute Gasteiger partial charge is 0.126 e. The molecule has 0 atom stereocenters. The predicted octanol–water partition coefficient (Wildman–Crippen LogP) is 2.29. The van der Waals surface area contributed by atoms with Crippen molar-refractivity contribution >= 4 is 0 Å². The Labute approximate surface area is 159 Å². The molecule has 154 valence electrons. The molecule has 7 N–H and O–H groups in total. The van der Waals surface area contributed by atoms with E-state index in [0.29, 0.717) is 27.8 Å². The van der Waals surface area contributed by atoms with Crippen LogP contribution in [0.3, 0.4) is 0 Å². The molecule has 0 spiro atoms. The fraction of sp³-hybridized carbons (Fsp3) is 0.368. The number of aromatic hydroxyl groups is 2. The van der Waals surface area contributed by atoms with Crippen LogP contribution in [0, 0.1) is 13.8 Å². The van der Waals surface area contributed by atoms with Crippen molar-refractivity contribution in [3.05, 3.63) is 57.6 Å². The Morgan fingerprint density at radius 1 is 0.778 bits per heavy atom. The highest BCUT2D eigenvalue weighted by Crippen LogP contribution is 2.28. The molecule has 8 heteroatoms. The Morgan fingerprint density at radius 2 is 1.30 bits per heavy atom. The van der Waals surface area contributed by atoms with E-state index < -0.39 is 0 Å². The van der Waals surface area contributed by atoms with Crippen LogP contribution in [-0.2, 0) is 31.2 Å². The minimum Gasteiger partial charge on any atom is -0.507 e. The van der Waals surface area contributed by atoms with Crippen molar-refractivity contribution in [1.29, 1.82) is 0 Å². The van der Waals surface area contributed by atoms with Crippen LogP contribution in [0.4, 0.5) is 0 Å². The maximum Gasteiger partial charge on any atom is 0.126 e. The van der Waals surface area contributed by atoms with E-state index in [-0.39, 0.29) is 39.4 Å². The molecule has 8 nitrogen and oxygen atoms in total. The number of rotatable bonds is 6. The first kappa shape index (κ1) is 24.8. The number of aliphatic hydroxyl groups is 3. The third kappa shape index (κ3) is 7.14. The van der Waals surface area contributed by atoms with E-state index in [9.17, 15) is 20.4 Å². The topological polar surface area (TPSA) is 151 Å². The highest BCUT2D eigenvalue weighted by molar-refractivity contribution is 5.44. The summed E-state index contributed by atoms with van der Waals surface area (Å²) in [5.41, 5.74) is 3.94. The third-order valence-electron chi connectivity index (χ3n) is 3.72. The highest BCUT2D eigenvalue weighted by atomic mass is 17.0. The number of ether oxygens (including phenoxy) is 1. The van der Waals surface area contributed by atoms with Gasteiger partial charge in [0.15, 0.2) is 0 Å². The summed E-state index contributed by atoms with van der Waals surface area (Å²) in [4.78, 5) is 0. The van der Waals surface area contributed by atoms with Gasteiger partial charge < -0.3 is 30.3 Å². The second-order valence-corrected chi connectivity index (χ2v) is 5.66. The minimum absolute atomic E-state index is 0. The van der Waals surface area contributed by atoms with Crippen LogP contribution in [0.15, 0.2) is 24.3 Å². The lowest BCUT2D eigenvalue weighted by Gasteiger charge is -2.13. The zero-order chi connectivity index (χ0) is 21.0. The molecule has 0 unspecified atom stereocenters. The molecule has 0 aliphatic heterocycles. The van der Waals surface area contributed by atoms with Crippen molar-refractivity contribution in [2.24, 2.45) is 0 Å². The van der Waals surface area contributed by atoms with E-state index in [1.165, 1.54) is 0 Å². The summed E-state index contributed by atoms with van der Waals surface area (Å²) in [7, 11) is 1.00.